The lowest BCUT2D eigenvalue weighted by molar-refractivity contribution is -0.121. The molecule has 1 N–H and O–H groups in total. The van der Waals surface area contributed by atoms with E-state index in [2.05, 4.69) is 21.2 Å². The highest BCUT2D eigenvalue weighted by atomic mass is 79.9. The fourth-order valence-corrected chi connectivity index (χ4v) is 1.38. The molecule has 0 aliphatic carbocycles. The number of amides is 1. The van der Waals surface area contributed by atoms with Gasteiger partial charge in [-0.2, -0.15) is 5.26 Å². The summed E-state index contributed by atoms with van der Waals surface area (Å²) < 4.78 is 13.8. The van der Waals surface area contributed by atoms with Crippen LogP contribution in [-0.4, -0.2) is 5.91 Å². The summed E-state index contributed by atoms with van der Waals surface area (Å²) in [5, 5.41) is 11.2. The van der Waals surface area contributed by atoms with Gasteiger partial charge in [-0.1, -0.05) is 6.07 Å². The van der Waals surface area contributed by atoms with Gasteiger partial charge in [-0.25, -0.2) is 4.39 Å². The third-order valence-corrected chi connectivity index (χ3v) is 2.71. The van der Waals surface area contributed by atoms with Crippen LogP contribution in [0.4, 0.5) is 10.1 Å². The molecule has 0 aromatic heterocycles. The van der Waals surface area contributed by atoms with Crippen LogP contribution >= 0.6 is 15.9 Å². The Labute approximate surface area is 101 Å². The van der Waals surface area contributed by atoms with Gasteiger partial charge < -0.3 is 5.32 Å². The second-order valence-corrected chi connectivity index (χ2v) is 4.64. The number of para-hydroxylation sites is 1. The van der Waals surface area contributed by atoms with Crippen molar-refractivity contribution in [2.24, 2.45) is 5.41 Å². The summed E-state index contributed by atoms with van der Waals surface area (Å²) in [5.41, 5.74) is -1.14. The number of hydrogen-bond acceptors (Lipinski definition) is 2. The Morgan fingerprint density at radius 2 is 2.19 bits per heavy atom. The number of halogens is 2. The fourth-order valence-electron chi connectivity index (χ4n) is 0.938. The van der Waals surface area contributed by atoms with E-state index in [1.54, 1.807) is 6.07 Å². The topological polar surface area (TPSA) is 52.9 Å². The largest absolute Gasteiger partial charge is 0.321 e. The maximum Gasteiger partial charge on any atom is 0.244 e. The number of benzene rings is 1. The second kappa shape index (κ2) is 4.62. The molecule has 1 rings (SSSR count). The molecule has 0 saturated carbocycles. The highest BCUT2D eigenvalue weighted by molar-refractivity contribution is 9.10. The summed E-state index contributed by atoms with van der Waals surface area (Å²) in [7, 11) is 0. The Kier molecular flexibility index (Phi) is 3.66. The molecular weight excluding hydrogens is 275 g/mol. The zero-order valence-electron chi connectivity index (χ0n) is 8.84. The maximum absolute atomic E-state index is 13.4. The second-order valence-electron chi connectivity index (χ2n) is 3.79. The molecule has 1 amide bonds. The first-order valence-corrected chi connectivity index (χ1v) is 5.34. The van der Waals surface area contributed by atoms with Crippen molar-refractivity contribution in [2.75, 3.05) is 5.32 Å². The van der Waals surface area contributed by atoms with E-state index in [9.17, 15) is 9.18 Å². The zero-order valence-corrected chi connectivity index (χ0v) is 10.4. The van der Waals surface area contributed by atoms with Crippen LogP contribution in [0.25, 0.3) is 0 Å². The Hall–Kier alpha value is -1.41. The number of nitrogens with one attached hydrogen (secondary N) is 1. The van der Waals surface area contributed by atoms with E-state index in [4.69, 9.17) is 5.26 Å². The van der Waals surface area contributed by atoms with Gasteiger partial charge in [0.05, 0.1) is 11.8 Å². The lowest BCUT2D eigenvalue weighted by Crippen LogP contribution is -2.29. The molecule has 0 radical (unpaired) electrons. The van der Waals surface area contributed by atoms with Gasteiger partial charge in [-0.15, -0.1) is 0 Å². The maximum atomic E-state index is 13.4. The fraction of sp³-hybridized carbons (Fsp3) is 0.273. The van der Waals surface area contributed by atoms with E-state index in [-0.39, 0.29) is 5.69 Å². The van der Waals surface area contributed by atoms with Crippen LogP contribution < -0.4 is 5.32 Å². The Morgan fingerprint density at radius 1 is 1.56 bits per heavy atom. The van der Waals surface area contributed by atoms with Crippen LogP contribution in [0.5, 0.6) is 0 Å². The van der Waals surface area contributed by atoms with Gasteiger partial charge in [0.2, 0.25) is 5.91 Å². The van der Waals surface area contributed by atoms with E-state index in [1.165, 1.54) is 26.0 Å². The van der Waals surface area contributed by atoms with Gasteiger partial charge in [0.25, 0.3) is 0 Å². The molecule has 16 heavy (non-hydrogen) atoms. The van der Waals surface area contributed by atoms with E-state index >= 15 is 0 Å². The number of rotatable bonds is 2. The summed E-state index contributed by atoms with van der Waals surface area (Å²) in [4.78, 5) is 11.6. The third-order valence-electron chi connectivity index (χ3n) is 2.05. The SMILES string of the molecule is CC(C)(C#N)C(=O)Nc1c(F)cccc1Br. The first-order chi connectivity index (χ1) is 7.38. The summed E-state index contributed by atoms with van der Waals surface area (Å²) >= 11 is 3.13. The van der Waals surface area contributed by atoms with Gasteiger partial charge >= 0.3 is 0 Å². The van der Waals surface area contributed by atoms with Crippen molar-refractivity contribution in [3.63, 3.8) is 0 Å². The number of nitrogens with zero attached hydrogens (tertiary/aromatic N) is 1. The summed E-state index contributed by atoms with van der Waals surface area (Å²) in [6.07, 6.45) is 0. The van der Waals surface area contributed by atoms with Crippen molar-refractivity contribution in [2.45, 2.75) is 13.8 Å². The minimum Gasteiger partial charge on any atom is -0.321 e. The third kappa shape index (κ3) is 2.58. The van der Waals surface area contributed by atoms with Crippen molar-refractivity contribution in [1.29, 1.82) is 5.26 Å². The van der Waals surface area contributed by atoms with Crippen LogP contribution in [0.15, 0.2) is 22.7 Å². The molecular formula is C11H10BrFN2O. The lowest BCUT2D eigenvalue weighted by atomic mass is 9.94. The predicted molar refractivity (Wildman–Crippen MR) is 62.1 cm³/mol. The number of carbonyl (C=O) groups excluding carboxylic acids is 1. The molecule has 0 fully saturated rings. The zero-order chi connectivity index (χ0) is 12.3. The Bertz CT molecular complexity index is 445. The molecule has 0 saturated heterocycles. The van der Waals surface area contributed by atoms with Crippen LogP contribution in [0.2, 0.25) is 0 Å². The molecule has 0 unspecified atom stereocenters. The van der Waals surface area contributed by atoms with Gasteiger partial charge in [0.15, 0.2) is 0 Å². The van der Waals surface area contributed by atoms with E-state index < -0.39 is 17.1 Å². The summed E-state index contributed by atoms with van der Waals surface area (Å²) in [5.74, 6) is -1.09. The van der Waals surface area contributed by atoms with Crippen molar-refractivity contribution >= 4 is 27.5 Å². The molecule has 84 valence electrons. The monoisotopic (exact) mass is 284 g/mol. The highest BCUT2D eigenvalue weighted by Gasteiger charge is 2.28. The van der Waals surface area contributed by atoms with Crippen molar-refractivity contribution < 1.29 is 9.18 Å². The average Bonchev–Trinajstić information content (AvgIpc) is 2.23. The minimum absolute atomic E-state index is 0.0517. The number of nitriles is 1. The predicted octanol–water partition coefficient (Wildman–Crippen LogP) is 3.08. The molecule has 0 bridgehead atoms. The minimum atomic E-state index is -1.19. The van der Waals surface area contributed by atoms with E-state index in [1.807, 2.05) is 6.07 Å². The number of hydrogen-bond donors (Lipinski definition) is 1. The standard InChI is InChI=1S/C11H10BrFN2O/c1-11(2,6-14)10(16)15-9-7(12)4-3-5-8(9)13/h3-5H,1-2H3,(H,15,16). The van der Waals surface area contributed by atoms with Crippen LogP contribution in [0.3, 0.4) is 0 Å². The number of anilines is 1. The first-order valence-electron chi connectivity index (χ1n) is 4.55. The molecule has 0 aliphatic rings. The molecule has 1 aromatic carbocycles. The van der Waals surface area contributed by atoms with E-state index in [0.29, 0.717) is 4.47 Å². The summed E-state index contributed by atoms with van der Waals surface area (Å²) in [6.45, 7) is 2.94. The smallest absolute Gasteiger partial charge is 0.244 e. The van der Waals surface area contributed by atoms with Gasteiger partial charge in [0, 0.05) is 4.47 Å². The van der Waals surface area contributed by atoms with Gasteiger partial charge in [-0.05, 0) is 41.9 Å². The molecule has 0 aliphatic heterocycles. The quantitative estimate of drug-likeness (QED) is 0.907. The molecule has 1 aromatic rings. The van der Waals surface area contributed by atoms with Crippen molar-refractivity contribution in [3.05, 3.63) is 28.5 Å². The molecule has 5 heteroatoms. The molecule has 0 atom stereocenters. The Morgan fingerprint density at radius 3 is 2.69 bits per heavy atom. The highest BCUT2D eigenvalue weighted by Crippen LogP contribution is 2.27. The first kappa shape index (κ1) is 12.7. The average molecular weight is 285 g/mol. The van der Waals surface area contributed by atoms with Crippen LogP contribution in [0, 0.1) is 22.6 Å². The molecule has 0 heterocycles. The van der Waals surface area contributed by atoms with Gasteiger partial charge in [-0.3, -0.25) is 4.79 Å². The van der Waals surface area contributed by atoms with Crippen LogP contribution in [-0.2, 0) is 4.79 Å². The summed E-state index contributed by atoms with van der Waals surface area (Å²) in [6, 6.07) is 6.21. The normalized spacial score (nSPS) is 10.7. The van der Waals surface area contributed by atoms with Gasteiger partial charge in [0.1, 0.15) is 11.2 Å². The molecule has 3 nitrogen and oxygen atoms in total. The van der Waals surface area contributed by atoms with Crippen molar-refractivity contribution in [3.8, 4) is 6.07 Å². The van der Waals surface area contributed by atoms with Crippen LogP contribution in [0.1, 0.15) is 13.8 Å². The lowest BCUT2D eigenvalue weighted by Gasteiger charge is -2.16. The number of carbonyl (C=O) groups is 1. The van der Waals surface area contributed by atoms with E-state index in [0.717, 1.165) is 0 Å². The Balaban J connectivity index is 2.99. The molecule has 0 spiro atoms. The van der Waals surface area contributed by atoms with Crippen molar-refractivity contribution in [1.82, 2.24) is 0 Å².